The van der Waals surface area contributed by atoms with E-state index >= 15 is 0 Å². The topological polar surface area (TPSA) is 12.9 Å². The summed E-state index contributed by atoms with van der Waals surface area (Å²) in [5, 5.41) is 0. The molecule has 0 radical (unpaired) electrons. The van der Waals surface area contributed by atoms with Gasteiger partial charge in [-0.05, 0) is 23.6 Å². The molecule has 0 aliphatic heterocycles. The highest BCUT2D eigenvalue weighted by atomic mass is 14.7. The van der Waals surface area contributed by atoms with Gasteiger partial charge in [0.05, 0.1) is 0 Å². The number of nitrogens with zero attached hydrogens (tertiary/aromatic N) is 1. The predicted molar refractivity (Wildman–Crippen MR) is 55.7 cm³/mol. The fourth-order valence-corrected chi connectivity index (χ4v) is 1.56. The second-order valence-electron chi connectivity index (χ2n) is 4.62. The summed E-state index contributed by atoms with van der Waals surface area (Å²) in [7, 11) is 0. The highest BCUT2D eigenvalue weighted by Gasteiger charge is 2.17. The van der Waals surface area contributed by atoms with Crippen molar-refractivity contribution in [2.75, 3.05) is 0 Å². The Labute approximate surface area is 79.5 Å². The molecule has 1 heteroatoms. The zero-order valence-corrected chi connectivity index (χ0v) is 8.46. The average Bonchev–Trinajstić information content (AvgIpc) is 2.47. The second kappa shape index (κ2) is 2.69. The van der Waals surface area contributed by atoms with Gasteiger partial charge in [-0.15, -0.1) is 0 Å². The van der Waals surface area contributed by atoms with Gasteiger partial charge in [0.2, 0.25) is 0 Å². The van der Waals surface area contributed by atoms with Crippen LogP contribution in [-0.2, 0) is 11.8 Å². The summed E-state index contributed by atoms with van der Waals surface area (Å²) in [5.41, 5.74) is 4.06. The first-order chi connectivity index (χ1) is 6.07. The maximum atomic E-state index is 4.47. The number of allylic oxidation sites excluding steroid dienone is 1. The highest BCUT2D eigenvalue weighted by Crippen LogP contribution is 2.25. The Morgan fingerprint density at radius 2 is 2.08 bits per heavy atom. The van der Waals surface area contributed by atoms with Gasteiger partial charge in [0.1, 0.15) is 0 Å². The number of hydrogen-bond acceptors (Lipinski definition) is 1. The van der Waals surface area contributed by atoms with Crippen molar-refractivity contribution in [3.8, 4) is 0 Å². The lowest BCUT2D eigenvalue weighted by atomic mass is 9.90. The molecule has 0 bridgehead atoms. The van der Waals surface area contributed by atoms with Crippen molar-refractivity contribution in [3.05, 3.63) is 35.2 Å². The molecule has 1 aliphatic carbocycles. The third-order valence-corrected chi connectivity index (χ3v) is 2.43. The summed E-state index contributed by atoms with van der Waals surface area (Å²) >= 11 is 0. The Kier molecular flexibility index (Phi) is 1.76. The molecule has 1 aromatic rings. The van der Waals surface area contributed by atoms with Crippen molar-refractivity contribution in [2.45, 2.75) is 32.6 Å². The quantitative estimate of drug-likeness (QED) is 0.587. The molecule has 0 saturated heterocycles. The van der Waals surface area contributed by atoms with Crippen LogP contribution in [0.2, 0.25) is 0 Å². The highest BCUT2D eigenvalue weighted by molar-refractivity contribution is 5.59. The van der Waals surface area contributed by atoms with Gasteiger partial charge in [0, 0.05) is 17.3 Å². The Morgan fingerprint density at radius 3 is 2.77 bits per heavy atom. The van der Waals surface area contributed by atoms with Gasteiger partial charge >= 0.3 is 0 Å². The van der Waals surface area contributed by atoms with E-state index in [1.807, 2.05) is 6.20 Å². The molecule has 1 aromatic heterocycles. The van der Waals surface area contributed by atoms with Gasteiger partial charge in [0.25, 0.3) is 0 Å². The lowest BCUT2D eigenvalue weighted by Gasteiger charge is -2.18. The average molecular weight is 173 g/mol. The molecule has 0 amide bonds. The Morgan fingerprint density at radius 1 is 1.31 bits per heavy atom. The lowest BCUT2D eigenvalue weighted by molar-refractivity contribution is 0.568. The minimum absolute atomic E-state index is 0.164. The molecule has 1 aliphatic rings. The predicted octanol–water partition coefficient (Wildman–Crippen LogP) is 2.95. The summed E-state index contributed by atoms with van der Waals surface area (Å²) < 4.78 is 0. The third-order valence-electron chi connectivity index (χ3n) is 2.43. The van der Waals surface area contributed by atoms with Crippen molar-refractivity contribution in [1.29, 1.82) is 0 Å². The normalized spacial score (nSPS) is 14.7. The fraction of sp³-hybridized carbons (Fsp3) is 0.417. The maximum absolute atomic E-state index is 4.47. The van der Waals surface area contributed by atoms with Crippen LogP contribution in [0.25, 0.3) is 6.08 Å². The minimum atomic E-state index is 0.164. The van der Waals surface area contributed by atoms with Crippen LogP contribution in [0.15, 0.2) is 18.3 Å². The second-order valence-corrected chi connectivity index (χ2v) is 4.62. The van der Waals surface area contributed by atoms with Crippen LogP contribution < -0.4 is 0 Å². The van der Waals surface area contributed by atoms with E-state index in [-0.39, 0.29) is 5.41 Å². The first-order valence-corrected chi connectivity index (χ1v) is 4.73. The van der Waals surface area contributed by atoms with Crippen LogP contribution in [0.5, 0.6) is 0 Å². The molecule has 0 fully saturated rings. The molecule has 0 saturated carbocycles. The first kappa shape index (κ1) is 8.49. The van der Waals surface area contributed by atoms with Crippen LogP contribution in [-0.4, -0.2) is 4.98 Å². The van der Waals surface area contributed by atoms with Crippen molar-refractivity contribution < 1.29 is 0 Å². The smallest absolute Gasteiger partial charge is 0.0460 e. The zero-order chi connectivity index (χ0) is 9.47. The number of aromatic nitrogens is 1. The van der Waals surface area contributed by atoms with Crippen molar-refractivity contribution in [1.82, 2.24) is 4.98 Å². The van der Waals surface area contributed by atoms with Crippen LogP contribution in [0, 0.1) is 0 Å². The monoisotopic (exact) mass is 173 g/mol. The lowest BCUT2D eigenvalue weighted by Crippen LogP contribution is -2.13. The van der Waals surface area contributed by atoms with Crippen molar-refractivity contribution in [3.63, 3.8) is 0 Å². The summed E-state index contributed by atoms with van der Waals surface area (Å²) in [6, 6.07) is 2.23. The molecule has 13 heavy (non-hydrogen) atoms. The van der Waals surface area contributed by atoms with Gasteiger partial charge in [-0.25, -0.2) is 0 Å². The number of hydrogen-bond donors (Lipinski definition) is 0. The molecule has 2 rings (SSSR count). The Hall–Kier alpha value is -1.11. The molecule has 0 unspecified atom stereocenters. The molecule has 0 N–H and O–H groups in total. The van der Waals surface area contributed by atoms with Crippen LogP contribution in [0.4, 0.5) is 0 Å². The Balaban J connectivity index is 2.45. The van der Waals surface area contributed by atoms with Gasteiger partial charge in [-0.3, -0.25) is 4.98 Å². The molecule has 1 heterocycles. The van der Waals surface area contributed by atoms with E-state index in [1.165, 1.54) is 16.8 Å². The zero-order valence-electron chi connectivity index (χ0n) is 8.46. The maximum Gasteiger partial charge on any atom is 0.0460 e. The van der Waals surface area contributed by atoms with Crippen LogP contribution in [0.3, 0.4) is 0 Å². The Bertz CT molecular complexity index is 356. The molecular formula is C12H15N. The summed E-state index contributed by atoms with van der Waals surface area (Å²) in [6.45, 7) is 6.60. The van der Waals surface area contributed by atoms with Gasteiger partial charge in [0.15, 0.2) is 0 Å². The third kappa shape index (κ3) is 1.51. The largest absolute Gasteiger partial charge is 0.260 e. The SMILES string of the molecule is CC(C)(C)c1cc2c(cn1)C=CC2. The number of pyridine rings is 1. The van der Waals surface area contributed by atoms with Gasteiger partial charge < -0.3 is 0 Å². The molecule has 0 atom stereocenters. The summed E-state index contributed by atoms with van der Waals surface area (Å²) in [4.78, 5) is 4.47. The van der Waals surface area contributed by atoms with E-state index in [0.717, 1.165) is 6.42 Å². The van der Waals surface area contributed by atoms with E-state index in [2.05, 4.69) is 44.0 Å². The molecule has 68 valence electrons. The van der Waals surface area contributed by atoms with E-state index in [0.29, 0.717) is 0 Å². The summed E-state index contributed by atoms with van der Waals surface area (Å²) in [5.74, 6) is 0. The van der Waals surface area contributed by atoms with E-state index in [4.69, 9.17) is 0 Å². The van der Waals surface area contributed by atoms with Crippen molar-refractivity contribution >= 4 is 6.08 Å². The van der Waals surface area contributed by atoms with Crippen molar-refractivity contribution in [2.24, 2.45) is 0 Å². The minimum Gasteiger partial charge on any atom is -0.260 e. The molecule has 0 spiro atoms. The molecule has 1 nitrogen and oxygen atoms in total. The fourth-order valence-electron chi connectivity index (χ4n) is 1.56. The van der Waals surface area contributed by atoms with E-state index in [1.54, 1.807) is 0 Å². The molecule has 0 aromatic carbocycles. The standard InChI is InChI=1S/C12H15N/c1-12(2,3)11-7-9-5-4-6-10(9)8-13-11/h4,6-8H,5H2,1-3H3. The van der Waals surface area contributed by atoms with E-state index < -0.39 is 0 Å². The summed E-state index contributed by atoms with van der Waals surface area (Å²) in [6.07, 6.45) is 7.40. The first-order valence-electron chi connectivity index (χ1n) is 4.73. The number of rotatable bonds is 0. The van der Waals surface area contributed by atoms with Crippen LogP contribution >= 0.6 is 0 Å². The van der Waals surface area contributed by atoms with Gasteiger partial charge in [-0.1, -0.05) is 32.9 Å². The van der Waals surface area contributed by atoms with Gasteiger partial charge in [-0.2, -0.15) is 0 Å². The van der Waals surface area contributed by atoms with E-state index in [9.17, 15) is 0 Å². The van der Waals surface area contributed by atoms with Crippen LogP contribution in [0.1, 0.15) is 37.6 Å². The number of fused-ring (bicyclic) bond motifs is 1. The molecular weight excluding hydrogens is 158 g/mol.